The highest BCUT2D eigenvalue weighted by Gasteiger charge is 2.33. The Hall–Kier alpha value is -3.17. The Balaban J connectivity index is 1.67. The molecule has 7 nitrogen and oxygen atoms in total. The minimum Gasteiger partial charge on any atom is -0.352 e. The van der Waals surface area contributed by atoms with Gasteiger partial charge in [0.15, 0.2) is 0 Å². The van der Waals surface area contributed by atoms with Crippen LogP contribution in [-0.4, -0.2) is 43.8 Å². The third-order valence-electron chi connectivity index (χ3n) is 7.56. The SMILES string of the molecule is Cc1ccc(S(=O)(=O)N(CC(=O)N(Cc2cccc(C)c2)[C@H](C)C(=O)NC2CCCCC2)c2ccc(Br)cc2)cc1. The molecule has 1 saturated carbocycles. The Kier molecular flexibility index (Phi) is 10.3. The Labute approximate surface area is 252 Å². The van der Waals surface area contributed by atoms with Crippen molar-refractivity contribution in [1.29, 1.82) is 0 Å². The van der Waals surface area contributed by atoms with E-state index >= 15 is 0 Å². The first-order chi connectivity index (χ1) is 19.5. The van der Waals surface area contributed by atoms with Crippen molar-refractivity contribution in [2.24, 2.45) is 0 Å². The lowest BCUT2D eigenvalue weighted by Gasteiger charge is -2.33. The van der Waals surface area contributed by atoms with Crippen molar-refractivity contribution < 1.29 is 18.0 Å². The van der Waals surface area contributed by atoms with E-state index in [1.54, 1.807) is 55.5 Å². The average Bonchev–Trinajstić information content (AvgIpc) is 2.95. The molecule has 0 heterocycles. The van der Waals surface area contributed by atoms with Crippen LogP contribution in [-0.2, 0) is 26.2 Å². The number of sulfonamides is 1. The van der Waals surface area contributed by atoms with Crippen molar-refractivity contribution in [1.82, 2.24) is 10.2 Å². The third-order valence-corrected chi connectivity index (χ3v) is 9.87. The van der Waals surface area contributed by atoms with Crippen LogP contribution < -0.4 is 9.62 Å². The third kappa shape index (κ3) is 7.98. The van der Waals surface area contributed by atoms with E-state index in [1.165, 1.54) is 11.3 Å². The largest absolute Gasteiger partial charge is 0.352 e. The number of carbonyl (C=O) groups excluding carboxylic acids is 2. The van der Waals surface area contributed by atoms with Crippen LogP contribution in [0.15, 0.2) is 82.2 Å². The van der Waals surface area contributed by atoms with Crippen molar-refractivity contribution in [2.45, 2.75) is 76.4 Å². The Bertz CT molecular complexity index is 1450. The van der Waals surface area contributed by atoms with Gasteiger partial charge in [0.2, 0.25) is 11.8 Å². The number of halogens is 1. The summed E-state index contributed by atoms with van der Waals surface area (Å²) in [6, 6.07) is 20.4. The van der Waals surface area contributed by atoms with E-state index in [4.69, 9.17) is 0 Å². The summed E-state index contributed by atoms with van der Waals surface area (Å²) in [4.78, 5) is 29.1. The normalized spacial score (nSPS) is 14.7. The van der Waals surface area contributed by atoms with Crippen LogP contribution in [0.1, 0.15) is 55.7 Å². The van der Waals surface area contributed by atoms with Gasteiger partial charge < -0.3 is 10.2 Å². The lowest BCUT2D eigenvalue weighted by atomic mass is 9.95. The molecule has 0 spiro atoms. The molecule has 0 radical (unpaired) electrons. The average molecular weight is 641 g/mol. The predicted octanol–water partition coefficient (Wildman–Crippen LogP) is 6.13. The van der Waals surface area contributed by atoms with Crippen LogP contribution >= 0.6 is 15.9 Å². The number of hydrogen-bond donors (Lipinski definition) is 1. The number of nitrogens with zero attached hydrogens (tertiary/aromatic N) is 2. The summed E-state index contributed by atoms with van der Waals surface area (Å²) in [5.41, 5.74) is 3.19. The highest BCUT2D eigenvalue weighted by atomic mass is 79.9. The van der Waals surface area contributed by atoms with Crippen molar-refractivity contribution in [3.05, 3.63) is 94.0 Å². The molecule has 1 aliphatic rings. The first-order valence-corrected chi connectivity index (χ1v) is 16.3. The molecule has 0 saturated heterocycles. The minimum absolute atomic E-state index is 0.0899. The number of hydrogen-bond acceptors (Lipinski definition) is 4. The van der Waals surface area contributed by atoms with Crippen molar-refractivity contribution in [3.63, 3.8) is 0 Å². The van der Waals surface area contributed by atoms with E-state index in [2.05, 4.69) is 21.2 Å². The number of benzene rings is 3. The van der Waals surface area contributed by atoms with Gasteiger partial charge in [0.1, 0.15) is 12.6 Å². The maximum absolute atomic E-state index is 14.1. The fraction of sp³-hybridized carbons (Fsp3) is 0.375. The summed E-state index contributed by atoms with van der Waals surface area (Å²) < 4.78 is 29.8. The van der Waals surface area contributed by atoms with Gasteiger partial charge in [0, 0.05) is 17.1 Å². The summed E-state index contributed by atoms with van der Waals surface area (Å²) >= 11 is 3.40. The summed E-state index contributed by atoms with van der Waals surface area (Å²) in [6.07, 6.45) is 5.17. The van der Waals surface area contributed by atoms with Crippen LogP contribution in [0.3, 0.4) is 0 Å². The summed E-state index contributed by atoms with van der Waals surface area (Å²) in [5, 5.41) is 3.13. The molecule has 1 aliphatic carbocycles. The van der Waals surface area contributed by atoms with Gasteiger partial charge in [-0.05, 0) is 75.6 Å². The molecule has 1 N–H and O–H groups in total. The fourth-order valence-corrected chi connectivity index (χ4v) is 6.81. The van der Waals surface area contributed by atoms with Crippen LogP contribution in [0.5, 0.6) is 0 Å². The molecule has 3 aromatic carbocycles. The standard InChI is InChI=1S/C32H38BrN3O4S/c1-23-12-18-30(19-13-23)41(39,40)36(29-16-14-27(33)15-17-29)22-31(37)35(21-26-9-7-8-24(2)20-26)25(3)32(38)34-28-10-5-4-6-11-28/h7-9,12-20,25,28H,4-6,10-11,21-22H2,1-3H3,(H,34,38)/t25-/m1/s1. The van der Waals surface area contributed by atoms with Crippen molar-refractivity contribution in [3.8, 4) is 0 Å². The maximum atomic E-state index is 14.1. The van der Waals surface area contributed by atoms with E-state index < -0.39 is 28.5 Å². The molecule has 1 fully saturated rings. The highest BCUT2D eigenvalue weighted by Crippen LogP contribution is 2.26. The van der Waals surface area contributed by atoms with Gasteiger partial charge in [0.05, 0.1) is 10.6 Å². The van der Waals surface area contributed by atoms with E-state index in [1.807, 2.05) is 38.1 Å². The lowest BCUT2D eigenvalue weighted by molar-refractivity contribution is -0.139. The van der Waals surface area contributed by atoms with Gasteiger partial charge >= 0.3 is 0 Å². The van der Waals surface area contributed by atoms with Crippen LogP contribution in [0.25, 0.3) is 0 Å². The minimum atomic E-state index is -4.09. The molecule has 218 valence electrons. The van der Waals surface area contributed by atoms with Crippen LogP contribution in [0.2, 0.25) is 0 Å². The second kappa shape index (κ2) is 13.7. The Morgan fingerprint density at radius 3 is 2.22 bits per heavy atom. The van der Waals surface area contributed by atoms with E-state index in [0.717, 1.165) is 51.2 Å². The van der Waals surface area contributed by atoms with Gasteiger partial charge in [-0.2, -0.15) is 0 Å². The second-order valence-electron chi connectivity index (χ2n) is 10.8. The molecule has 2 amide bonds. The zero-order chi connectivity index (χ0) is 29.6. The number of amides is 2. The number of nitrogens with one attached hydrogen (secondary N) is 1. The van der Waals surface area contributed by atoms with Gasteiger partial charge in [-0.25, -0.2) is 8.42 Å². The quantitative estimate of drug-likeness (QED) is 0.289. The first kappa shape index (κ1) is 30.8. The molecular formula is C32H38BrN3O4S. The molecule has 4 rings (SSSR count). The number of aryl methyl sites for hydroxylation is 2. The zero-order valence-electron chi connectivity index (χ0n) is 23.8. The molecule has 3 aromatic rings. The zero-order valence-corrected chi connectivity index (χ0v) is 26.2. The maximum Gasteiger partial charge on any atom is 0.264 e. The van der Waals surface area contributed by atoms with E-state index in [0.29, 0.717) is 5.69 Å². The second-order valence-corrected chi connectivity index (χ2v) is 13.6. The first-order valence-electron chi connectivity index (χ1n) is 14.0. The highest BCUT2D eigenvalue weighted by molar-refractivity contribution is 9.10. The van der Waals surface area contributed by atoms with Gasteiger partial charge in [-0.3, -0.25) is 13.9 Å². The lowest BCUT2D eigenvalue weighted by Crippen LogP contribution is -2.53. The summed E-state index contributed by atoms with van der Waals surface area (Å²) in [5.74, 6) is -0.689. The Morgan fingerprint density at radius 1 is 0.927 bits per heavy atom. The topological polar surface area (TPSA) is 86.8 Å². The predicted molar refractivity (Wildman–Crippen MR) is 166 cm³/mol. The molecular weight excluding hydrogens is 602 g/mol. The summed E-state index contributed by atoms with van der Waals surface area (Å²) in [7, 11) is -4.09. The van der Waals surface area contributed by atoms with Crippen LogP contribution in [0.4, 0.5) is 5.69 Å². The molecule has 1 atom stereocenters. The van der Waals surface area contributed by atoms with Crippen LogP contribution in [0, 0.1) is 13.8 Å². The molecule has 41 heavy (non-hydrogen) atoms. The smallest absolute Gasteiger partial charge is 0.264 e. The van der Waals surface area contributed by atoms with Gasteiger partial charge in [0.25, 0.3) is 10.0 Å². The van der Waals surface area contributed by atoms with Crippen molar-refractivity contribution >= 4 is 43.5 Å². The number of carbonyl (C=O) groups is 2. The van der Waals surface area contributed by atoms with Gasteiger partial charge in [-0.1, -0.05) is 82.7 Å². The van der Waals surface area contributed by atoms with Gasteiger partial charge in [-0.15, -0.1) is 0 Å². The molecule has 0 bridgehead atoms. The van der Waals surface area contributed by atoms with E-state index in [-0.39, 0.29) is 23.4 Å². The Morgan fingerprint density at radius 2 is 1.59 bits per heavy atom. The molecule has 0 aliphatic heterocycles. The van der Waals surface area contributed by atoms with E-state index in [9.17, 15) is 18.0 Å². The number of rotatable bonds is 10. The molecule has 9 heteroatoms. The number of anilines is 1. The summed E-state index contributed by atoms with van der Waals surface area (Å²) in [6.45, 7) is 5.29. The van der Waals surface area contributed by atoms with Crippen molar-refractivity contribution in [2.75, 3.05) is 10.8 Å². The molecule has 0 aromatic heterocycles. The molecule has 0 unspecified atom stereocenters. The fourth-order valence-electron chi connectivity index (χ4n) is 5.13. The monoisotopic (exact) mass is 639 g/mol.